The Bertz CT molecular complexity index is 589. The molecule has 0 spiro atoms. The van der Waals surface area contributed by atoms with Gasteiger partial charge in [-0.15, -0.1) is 0 Å². The van der Waals surface area contributed by atoms with Gasteiger partial charge in [0.05, 0.1) is 4.90 Å². The Morgan fingerprint density at radius 1 is 1.21 bits per heavy atom. The van der Waals surface area contributed by atoms with Crippen molar-refractivity contribution in [3.63, 3.8) is 0 Å². The highest BCUT2D eigenvalue weighted by Crippen LogP contribution is 2.29. The quantitative estimate of drug-likeness (QED) is 0.884. The van der Waals surface area contributed by atoms with E-state index in [4.69, 9.17) is 4.74 Å². The molecule has 1 N–H and O–H groups in total. The minimum Gasteiger partial charge on any atom is -0.490 e. The summed E-state index contributed by atoms with van der Waals surface area (Å²) >= 11 is 0. The van der Waals surface area contributed by atoms with E-state index in [0.717, 1.165) is 10.8 Å². The van der Waals surface area contributed by atoms with Crippen molar-refractivity contribution in [3.8, 4) is 5.75 Å². The number of halogens is 1. The zero-order valence-electron chi connectivity index (χ0n) is 10.7. The fourth-order valence-electron chi connectivity index (χ4n) is 1.90. The van der Waals surface area contributed by atoms with Gasteiger partial charge in [0, 0.05) is 17.3 Å². The summed E-state index contributed by atoms with van der Waals surface area (Å²) in [7, 11) is -1.25. The Balaban J connectivity index is 2.48. The lowest BCUT2D eigenvalue weighted by Gasteiger charge is -2.10. The smallest absolute Gasteiger partial charge is 0.127 e. The highest BCUT2D eigenvalue weighted by molar-refractivity contribution is 7.83. The Kier molecular flexibility index (Phi) is 4.87. The highest BCUT2D eigenvalue weighted by Gasteiger charge is 2.10. The van der Waals surface area contributed by atoms with Crippen LogP contribution in [0.4, 0.5) is 4.39 Å². The van der Waals surface area contributed by atoms with Gasteiger partial charge >= 0.3 is 0 Å². The molecule has 0 fully saturated rings. The van der Waals surface area contributed by atoms with Crippen molar-refractivity contribution in [3.05, 3.63) is 36.4 Å². The van der Waals surface area contributed by atoms with Crippen molar-refractivity contribution in [2.75, 3.05) is 19.8 Å². The van der Waals surface area contributed by atoms with Gasteiger partial charge in [0.2, 0.25) is 0 Å². The van der Waals surface area contributed by atoms with Crippen molar-refractivity contribution in [1.29, 1.82) is 0 Å². The van der Waals surface area contributed by atoms with Gasteiger partial charge in [-0.05, 0) is 12.1 Å². The van der Waals surface area contributed by atoms with Gasteiger partial charge in [-0.25, -0.2) is 13.3 Å². The van der Waals surface area contributed by atoms with Gasteiger partial charge in [0.25, 0.3) is 0 Å². The van der Waals surface area contributed by atoms with E-state index in [1.54, 1.807) is 6.07 Å². The van der Waals surface area contributed by atoms with Crippen molar-refractivity contribution in [1.82, 2.24) is 4.72 Å². The lowest BCUT2D eigenvalue weighted by atomic mass is 10.1. The molecule has 2 aromatic rings. The normalized spacial score (nSPS) is 12.5. The maximum Gasteiger partial charge on any atom is 0.127 e. The van der Waals surface area contributed by atoms with E-state index in [1.807, 2.05) is 37.3 Å². The van der Waals surface area contributed by atoms with Crippen molar-refractivity contribution in [2.24, 2.45) is 0 Å². The number of rotatable bonds is 6. The molecular formula is C14H16FNO2S. The van der Waals surface area contributed by atoms with Crippen LogP contribution >= 0.6 is 0 Å². The lowest BCUT2D eigenvalue weighted by molar-refractivity contribution is 0.276. The minimum atomic E-state index is -1.25. The van der Waals surface area contributed by atoms with Crippen LogP contribution in [0.2, 0.25) is 0 Å². The molecule has 1 atom stereocenters. The van der Waals surface area contributed by atoms with Gasteiger partial charge in [0.15, 0.2) is 0 Å². The highest BCUT2D eigenvalue weighted by atomic mass is 32.2. The summed E-state index contributed by atoms with van der Waals surface area (Å²) in [6, 6.07) is 11.0. The molecule has 0 aliphatic heterocycles. The average molecular weight is 281 g/mol. The molecule has 0 saturated carbocycles. The minimum absolute atomic E-state index is 0.0274. The van der Waals surface area contributed by atoms with Crippen LogP contribution < -0.4 is 9.46 Å². The van der Waals surface area contributed by atoms with Gasteiger partial charge in [-0.2, -0.15) is 0 Å². The summed E-state index contributed by atoms with van der Waals surface area (Å²) in [6.07, 6.45) is 0. The molecule has 0 aliphatic carbocycles. The lowest BCUT2D eigenvalue weighted by Crippen LogP contribution is -2.16. The third-order valence-electron chi connectivity index (χ3n) is 2.65. The molecule has 2 rings (SSSR count). The monoisotopic (exact) mass is 281 g/mol. The number of benzene rings is 2. The second-order valence-electron chi connectivity index (χ2n) is 3.91. The molecule has 5 heteroatoms. The largest absolute Gasteiger partial charge is 0.490 e. The van der Waals surface area contributed by atoms with Gasteiger partial charge in [0.1, 0.15) is 30.0 Å². The Hall–Kier alpha value is -1.46. The molecule has 19 heavy (non-hydrogen) atoms. The number of alkyl halides is 1. The average Bonchev–Trinajstić information content (AvgIpc) is 2.44. The molecule has 0 bridgehead atoms. The summed E-state index contributed by atoms with van der Waals surface area (Å²) in [5, 5.41) is 1.71. The predicted molar refractivity (Wildman–Crippen MR) is 75.5 cm³/mol. The number of nitrogens with one attached hydrogen (secondary N) is 1. The van der Waals surface area contributed by atoms with Crippen LogP contribution in [-0.4, -0.2) is 24.0 Å². The van der Waals surface area contributed by atoms with Crippen LogP contribution in [0.1, 0.15) is 6.92 Å². The van der Waals surface area contributed by atoms with Gasteiger partial charge in [-0.1, -0.05) is 31.2 Å². The Morgan fingerprint density at radius 2 is 1.95 bits per heavy atom. The standard InChI is InChI=1S/C14H16FNO2S/c1-2-16-19(17)14-8-4-5-11-12(14)6-3-7-13(11)18-10-9-15/h3-8,16H,2,9-10H2,1H3. The van der Waals surface area contributed by atoms with E-state index >= 15 is 0 Å². The summed E-state index contributed by atoms with van der Waals surface area (Å²) in [4.78, 5) is 0.713. The van der Waals surface area contributed by atoms with E-state index in [9.17, 15) is 8.60 Å². The Labute approximate surface area is 114 Å². The molecule has 0 aromatic heterocycles. The molecule has 2 aromatic carbocycles. The summed E-state index contributed by atoms with van der Waals surface area (Å²) in [5.74, 6) is 0.616. The first-order chi connectivity index (χ1) is 9.27. The first kappa shape index (κ1) is 14.0. The van der Waals surface area contributed by atoms with Crippen LogP contribution in [0.3, 0.4) is 0 Å². The molecule has 1 unspecified atom stereocenters. The first-order valence-electron chi connectivity index (χ1n) is 6.13. The molecule has 0 heterocycles. The number of hydrogen-bond donors (Lipinski definition) is 1. The van der Waals surface area contributed by atoms with Crippen LogP contribution in [-0.2, 0) is 11.0 Å². The molecule has 102 valence electrons. The number of fused-ring (bicyclic) bond motifs is 1. The Morgan fingerprint density at radius 3 is 2.68 bits per heavy atom. The summed E-state index contributed by atoms with van der Waals surface area (Å²) in [5.41, 5.74) is 0. The van der Waals surface area contributed by atoms with Crippen molar-refractivity contribution in [2.45, 2.75) is 11.8 Å². The van der Waals surface area contributed by atoms with Gasteiger partial charge < -0.3 is 4.74 Å². The van der Waals surface area contributed by atoms with Crippen LogP contribution in [0.25, 0.3) is 10.8 Å². The van der Waals surface area contributed by atoms with Crippen molar-refractivity contribution >= 4 is 21.8 Å². The third-order valence-corrected chi connectivity index (χ3v) is 3.96. The number of hydrogen-bond acceptors (Lipinski definition) is 2. The SMILES string of the molecule is CCNS(=O)c1cccc2c(OCCF)cccc12. The van der Waals surface area contributed by atoms with Crippen LogP contribution in [0.15, 0.2) is 41.3 Å². The van der Waals surface area contributed by atoms with E-state index in [0.29, 0.717) is 17.2 Å². The fraction of sp³-hybridized carbons (Fsp3) is 0.286. The maximum atomic E-state index is 12.2. The molecule has 0 radical (unpaired) electrons. The molecular weight excluding hydrogens is 265 g/mol. The van der Waals surface area contributed by atoms with Gasteiger partial charge in [-0.3, -0.25) is 0 Å². The predicted octanol–water partition coefficient (Wildman–Crippen LogP) is 2.82. The van der Waals surface area contributed by atoms with Crippen LogP contribution in [0.5, 0.6) is 5.75 Å². The van der Waals surface area contributed by atoms with E-state index in [1.165, 1.54) is 0 Å². The maximum absolute atomic E-state index is 12.2. The molecule has 0 aliphatic rings. The fourth-order valence-corrected chi connectivity index (χ4v) is 2.89. The zero-order valence-corrected chi connectivity index (χ0v) is 11.5. The molecule has 0 amide bonds. The second kappa shape index (κ2) is 6.63. The molecule has 0 saturated heterocycles. The van der Waals surface area contributed by atoms with Crippen molar-refractivity contribution < 1.29 is 13.3 Å². The first-order valence-corrected chi connectivity index (χ1v) is 7.28. The third kappa shape index (κ3) is 3.11. The topological polar surface area (TPSA) is 38.3 Å². The molecule has 3 nitrogen and oxygen atoms in total. The summed E-state index contributed by atoms with van der Waals surface area (Å²) < 4.78 is 32.5. The second-order valence-corrected chi connectivity index (χ2v) is 5.18. The van der Waals surface area contributed by atoms with E-state index in [2.05, 4.69) is 4.72 Å². The van der Waals surface area contributed by atoms with E-state index in [-0.39, 0.29) is 6.61 Å². The zero-order chi connectivity index (χ0) is 13.7. The number of ether oxygens (including phenoxy) is 1. The van der Waals surface area contributed by atoms with E-state index < -0.39 is 17.7 Å². The summed E-state index contributed by atoms with van der Waals surface area (Å²) in [6.45, 7) is 2.03. The van der Waals surface area contributed by atoms with Crippen LogP contribution in [0, 0.1) is 0 Å².